The fraction of sp³-hybridized carbons (Fsp3) is 0.368. The van der Waals surface area contributed by atoms with Gasteiger partial charge in [0.25, 0.3) is 0 Å². The van der Waals surface area contributed by atoms with E-state index in [4.69, 9.17) is 0 Å². The highest BCUT2D eigenvalue weighted by molar-refractivity contribution is 5.89. The van der Waals surface area contributed by atoms with E-state index >= 15 is 0 Å². The largest absolute Gasteiger partial charge is 0.433 e. The van der Waals surface area contributed by atoms with Crippen LogP contribution in [0.5, 0.6) is 0 Å². The van der Waals surface area contributed by atoms with Crippen molar-refractivity contribution in [1.82, 2.24) is 24.4 Å². The molecular formula is C19H19F3N6O. The summed E-state index contributed by atoms with van der Waals surface area (Å²) in [5.74, 6) is 0.422. The molecule has 1 N–H and O–H groups in total. The summed E-state index contributed by atoms with van der Waals surface area (Å²) in [7, 11) is 0. The van der Waals surface area contributed by atoms with E-state index in [0.717, 1.165) is 25.6 Å². The van der Waals surface area contributed by atoms with Crippen LogP contribution in [0.3, 0.4) is 0 Å². The predicted octanol–water partition coefficient (Wildman–Crippen LogP) is 3.44. The van der Waals surface area contributed by atoms with Gasteiger partial charge in [0, 0.05) is 19.3 Å². The van der Waals surface area contributed by atoms with Crippen LogP contribution in [0.25, 0.3) is 11.0 Å². The van der Waals surface area contributed by atoms with Crippen molar-refractivity contribution in [2.24, 2.45) is 0 Å². The summed E-state index contributed by atoms with van der Waals surface area (Å²) in [4.78, 5) is 26.3. The van der Waals surface area contributed by atoms with Crippen LogP contribution in [0, 0.1) is 13.8 Å². The molecule has 0 radical (unpaired) electrons. The van der Waals surface area contributed by atoms with Gasteiger partial charge in [0.15, 0.2) is 5.82 Å². The number of imidazole rings is 1. The van der Waals surface area contributed by atoms with Crippen LogP contribution < -0.4 is 5.32 Å². The van der Waals surface area contributed by atoms with Crippen molar-refractivity contribution in [3.8, 4) is 0 Å². The van der Waals surface area contributed by atoms with Gasteiger partial charge in [0.1, 0.15) is 17.8 Å². The Morgan fingerprint density at radius 1 is 1.24 bits per heavy atom. The van der Waals surface area contributed by atoms with Crippen LogP contribution in [0.2, 0.25) is 0 Å². The molecule has 3 aromatic heterocycles. The third kappa shape index (κ3) is 3.62. The van der Waals surface area contributed by atoms with Crippen molar-refractivity contribution in [3.63, 3.8) is 0 Å². The number of amides is 1. The van der Waals surface area contributed by atoms with E-state index in [0.29, 0.717) is 28.1 Å². The summed E-state index contributed by atoms with van der Waals surface area (Å²) in [6.45, 7) is 4.82. The molecule has 0 atom stereocenters. The van der Waals surface area contributed by atoms with Gasteiger partial charge in [-0.2, -0.15) is 13.2 Å². The topological polar surface area (TPSA) is 75.9 Å². The third-order valence-corrected chi connectivity index (χ3v) is 4.98. The second-order valence-electron chi connectivity index (χ2n) is 7.04. The molecule has 1 amide bonds. The lowest BCUT2D eigenvalue weighted by Gasteiger charge is -2.31. The molecule has 3 aromatic rings. The Balaban J connectivity index is 1.64. The van der Waals surface area contributed by atoms with Crippen LogP contribution in [0.4, 0.5) is 24.7 Å². The summed E-state index contributed by atoms with van der Waals surface area (Å²) in [6.07, 6.45) is -0.346. The van der Waals surface area contributed by atoms with E-state index in [1.165, 1.54) is 6.92 Å². The zero-order valence-corrected chi connectivity index (χ0v) is 15.9. The number of likely N-dealkylation sites (tertiary alicyclic amines) is 1. The Morgan fingerprint density at radius 2 is 2.00 bits per heavy atom. The molecule has 0 saturated carbocycles. The molecule has 4 rings (SSSR count). The number of hydrogen-bond acceptors (Lipinski definition) is 5. The molecule has 7 nitrogen and oxygen atoms in total. The molecule has 1 fully saturated rings. The van der Waals surface area contributed by atoms with Gasteiger partial charge in [-0.05, 0) is 38.0 Å². The Morgan fingerprint density at radius 3 is 2.62 bits per heavy atom. The van der Waals surface area contributed by atoms with Gasteiger partial charge in [-0.15, -0.1) is 0 Å². The van der Waals surface area contributed by atoms with Gasteiger partial charge in [-0.3, -0.25) is 4.79 Å². The van der Waals surface area contributed by atoms with Crippen LogP contribution in [0.1, 0.15) is 23.4 Å². The molecule has 1 saturated heterocycles. The van der Waals surface area contributed by atoms with Crippen LogP contribution in [-0.2, 0) is 17.5 Å². The molecule has 1 aliphatic heterocycles. The average molecular weight is 404 g/mol. The fourth-order valence-electron chi connectivity index (χ4n) is 3.31. The fourth-order valence-corrected chi connectivity index (χ4v) is 3.31. The smallest absolute Gasteiger partial charge is 0.341 e. The first-order valence-electron chi connectivity index (χ1n) is 9.14. The number of nitrogens with zero attached hydrogens (tertiary/aromatic N) is 5. The lowest BCUT2D eigenvalue weighted by molar-refractivity contribution is -0.141. The molecule has 1 aliphatic rings. The van der Waals surface area contributed by atoms with Gasteiger partial charge >= 0.3 is 6.18 Å². The van der Waals surface area contributed by atoms with E-state index < -0.39 is 11.9 Å². The lowest BCUT2D eigenvalue weighted by atomic mass is 10.1. The highest BCUT2D eigenvalue weighted by atomic mass is 19.4. The number of aromatic nitrogens is 4. The minimum Gasteiger partial charge on any atom is -0.341 e. The van der Waals surface area contributed by atoms with Gasteiger partial charge in [-0.25, -0.2) is 15.0 Å². The van der Waals surface area contributed by atoms with Crippen molar-refractivity contribution >= 4 is 28.4 Å². The highest BCUT2D eigenvalue weighted by Gasteiger charge is 2.33. The lowest BCUT2D eigenvalue weighted by Crippen LogP contribution is -2.43. The molecule has 0 spiro atoms. The Hall–Kier alpha value is -3.17. The van der Waals surface area contributed by atoms with E-state index in [1.807, 2.05) is 0 Å². The van der Waals surface area contributed by atoms with Gasteiger partial charge in [-0.1, -0.05) is 0 Å². The van der Waals surface area contributed by atoms with Gasteiger partial charge in [0.05, 0.1) is 23.2 Å². The van der Waals surface area contributed by atoms with E-state index in [-0.39, 0.29) is 18.1 Å². The van der Waals surface area contributed by atoms with Crippen LogP contribution >= 0.6 is 0 Å². The normalized spacial score (nSPS) is 14.2. The Bertz CT molecular complexity index is 1060. The SMILES string of the molecule is Cc1cc(C(F)(F)F)nc(C)c1Nc1nccc2c1ncn2CC(=O)N1CCC1. The zero-order valence-electron chi connectivity index (χ0n) is 15.9. The second kappa shape index (κ2) is 7.02. The number of halogens is 3. The maximum Gasteiger partial charge on any atom is 0.433 e. The summed E-state index contributed by atoms with van der Waals surface area (Å²) < 4.78 is 40.7. The molecule has 4 heterocycles. The molecule has 0 aromatic carbocycles. The first-order chi connectivity index (χ1) is 13.7. The number of aryl methyl sites for hydroxylation is 2. The molecule has 0 aliphatic carbocycles. The van der Waals surface area contributed by atoms with Crippen molar-refractivity contribution in [3.05, 3.63) is 41.6 Å². The average Bonchev–Trinajstić information content (AvgIpc) is 2.99. The first kappa shape index (κ1) is 19.2. The molecule has 0 bridgehead atoms. The van der Waals surface area contributed by atoms with Crippen molar-refractivity contribution in [2.75, 3.05) is 18.4 Å². The standard InChI is InChI=1S/C19H19F3N6O/c1-11-8-14(19(20,21)22)25-12(2)16(11)26-18-17-13(4-5-23-18)28(10-24-17)9-15(29)27-6-3-7-27/h4-5,8,10H,3,6-7,9H2,1-2H3,(H,23,26). The summed E-state index contributed by atoms with van der Waals surface area (Å²) in [5, 5.41) is 3.06. The maximum atomic E-state index is 13.0. The molecule has 152 valence electrons. The highest BCUT2D eigenvalue weighted by Crippen LogP contribution is 2.33. The maximum absolute atomic E-state index is 13.0. The number of carbonyl (C=O) groups is 1. The number of pyridine rings is 2. The summed E-state index contributed by atoms with van der Waals surface area (Å²) >= 11 is 0. The molecule has 10 heteroatoms. The first-order valence-corrected chi connectivity index (χ1v) is 9.14. The number of alkyl halides is 3. The van der Waals surface area contributed by atoms with E-state index in [2.05, 4.69) is 20.3 Å². The number of rotatable bonds is 4. The quantitative estimate of drug-likeness (QED) is 0.721. The molecule has 0 unspecified atom stereocenters. The molecular weight excluding hydrogens is 385 g/mol. The Labute approximate surface area is 164 Å². The number of fused-ring (bicyclic) bond motifs is 1. The summed E-state index contributed by atoms with van der Waals surface area (Å²) in [6, 6.07) is 2.75. The van der Waals surface area contributed by atoms with E-state index in [1.54, 1.807) is 35.0 Å². The van der Waals surface area contributed by atoms with E-state index in [9.17, 15) is 18.0 Å². The van der Waals surface area contributed by atoms with Crippen LogP contribution in [0.15, 0.2) is 24.7 Å². The monoisotopic (exact) mass is 404 g/mol. The van der Waals surface area contributed by atoms with Crippen molar-refractivity contribution in [2.45, 2.75) is 33.0 Å². The number of anilines is 2. The number of carbonyl (C=O) groups excluding carboxylic acids is 1. The Kier molecular flexibility index (Phi) is 4.64. The van der Waals surface area contributed by atoms with Crippen molar-refractivity contribution in [1.29, 1.82) is 0 Å². The minimum absolute atomic E-state index is 0.0282. The van der Waals surface area contributed by atoms with Crippen molar-refractivity contribution < 1.29 is 18.0 Å². The number of nitrogens with one attached hydrogen (secondary N) is 1. The van der Waals surface area contributed by atoms with Gasteiger partial charge < -0.3 is 14.8 Å². The second-order valence-corrected chi connectivity index (χ2v) is 7.04. The summed E-state index contributed by atoms with van der Waals surface area (Å²) in [5.41, 5.74) is 1.37. The zero-order chi connectivity index (χ0) is 20.8. The number of hydrogen-bond donors (Lipinski definition) is 1. The predicted molar refractivity (Wildman–Crippen MR) is 101 cm³/mol. The minimum atomic E-state index is -4.51. The molecule has 29 heavy (non-hydrogen) atoms. The van der Waals surface area contributed by atoms with Crippen LogP contribution in [-0.4, -0.2) is 43.4 Å². The third-order valence-electron chi connectivity index (χ3n) is 4.98. The van der Waals surface area contributed by atoms with Gasteiger partial charge in [0.2, 0.25) is 5.91 Å².